The zero-order chi connectivity index (χ0) is 49.0. The zero-order valence-electron chi connectivity index (χ0n) is 37.8. The fourth-order valence-electron chi connectivity index (χ4n) is 10.1. The maximum absolute atomic E-state index is 13.3. The summed E-state index contributed by atoms with van der Waals surface area (Å²) < 4.78 is 37.9. The number of likely N-dealkylation sites (tertiary alicyclic amines) is 2. The van der Waals surface area contributed by atoms with Crippen LogP contribution in [-0.2, 0) is 26.4 Å². The number of nitrogens with zero attached hydrogens (tertiary/aromatic N) is 8. The maximum Gasteiger partial charge on any atom is 0.490 e. The number of imide groups is 2. The molecule has 6 aliphatic heterocycles. The highest BCUT2D eigenvalue weighted by atomic mass is 35.5. The number of carboxylic acids is 1. The summed E-state index contributed by atoms with van der Waals surface area (Å²) in [6.07, 6.45) is -0.774. The van der Waals surface area contributed by atoms with Gasteiger partial charge in [0, 0.05) is 93.2 Å². The van der Waals surface area contributed by atoms with E-state index in [4.69, 9.17) is 31.2 Å². The number of nitriles is 1. The standard InChI is InChI=1S/C47H48ClN9O5.C2HF3O2/c1-46(2,31-17-29(21-49)18-32(48)19-31)30-3-6-37(7-4-30)62-26-33-11-14-50-45(51-33)53-15-12-47(13-16-53)27-56(28-47)36-24-55(25-36)35-22-54(23-35)34-5-8-38-39(20-34)44(61)57(43(38)60)40-9-10-41(58)52-42(40)59;3-2(4,5)1(6)7/h3-8,11,14,17-20,35-36,40H,9-10,12-13,15-16,22-28H2,1-2H3,(H,52,58,59);(H,6,7). The molecule has 5 saturated heterocycles. The van der Waals surface area contributed by atoms with Gasteiger partial charge >= 0.3 is 12.1 Å². The number of aromatic nitrogens is 2. The second kappa shape index (κ2) is 18.4. The van der Waals surface area contributed by atoms with Crippen molar-refractivity contribution >= 4 is 52.8 Å². The van der Waals surface area contributed by atoms with Gasteiger partial charge in [-0.1, -0.05) is 37.6 Å². The van der Waals surface area contributed by atoms with Crippen LogP contribution in [0.3, 0.4) is 0 Å². The summed E-state index contributed by atoms with van der Waals surface area (Å²) in [5.41, 5.74) is 4.98. The quantitative estimate of drug-likeness (QED) is 0.192. The van der Waals surface area contributed by atoms with Crippen LogP contribution in [0.25, 0.3) is 0 Å². The molecule has 1 aromatic heterocycles. The van der Waals surface area contributed by atoms with Crippen LogP contribution in [0.15, 0.2) is 72.9 Å². The molecule has 69 heavy (non-hydrogen) atoms. The van der Waals surface area contributed by atoms with Crippen molar-refractivity contribution in [3.63, 3.8) is 0 Å². The number of carboxylic acid groups (broad SMARTS) is 1. The Morgan fingerprint density at radius 2 is 1.55 bits per heavy atom. The molecule has 360 valence electrons. The van der Waals surface area contributed by atoms with Gasteiger partial charge in [0.1, 0.15) is 18.4 Å². The Labute approximate surface area is 400 Å². The van der Waals surface area contributed by atoms with Crippen LogP contribution in [0.4, 0.5) is 24.8 Å². The van der Waals surface area contributed by atoms with Crippen molar-refractivity contribution in [1.82, 2.24) is 30.0 Å². The van der Waals surface area contributed by atoms with E-state index in [-0.39, 0.29) is 24.2 Å². The van der Waals surface area contributed by atoms with Gasteiger partial charge in [-0.3, -0.25) is 39.2 Å². The van der Waals surface area contributed by atoms with Gasteiger partial charge in [0.15, 0.2) is 0 Å². The van der Waals surface area contributed by atoms with Crippen molar-refractivity contribution < 1.29 is 47.0 Å². The average molecular weight is 968 g/mol. The highest BCUT2D eigenvalue weighted by molar-refractivity contribution is 6.30. The number of carbonyl (C=O) groups is 5. The molecule has 3 aromatic carbocycles. The lowest BCUT2D eigenvalue weighted by atomic mass is 9.71. The van der Waals surface area contributed by atoms with E-state index < -0.39 is 35.9 Å². The Morgan fingerprint density at radius 3 is 2.20 bits per heavy atom. The lowest BCUT2D eigenvalue weighted by Crippen LogP contribution is -2.74. The fourth-order valence-corrected chi connectivity index (χ4v) is 10.3. The maximum atomic E-state index is 13.3. The summed E-state index contributed by atoms with van der Waals surface area (Å²) in [6.45, 7) is 12.6. The summed E-state index contributed by atoms with van der Waals surface area (Å²) in [6, 6.07) is 23.1. The molecule has 6 aliphatic rings. The first-order valence-corrected chi connectivity index (χ1v) is 23.1. The number of nitrogens with one attached hydrogen (secondary N) is 1. The van der Waals surface area contributed by atoms with Crippen molar-refractivity contribution in [2.45, 2.75) is 75.9 Å². The van der Waals surface area contributed by atoms with Gasteiger partial charge in [-0.15, -0.1) is 0 Å². The van der Waals surface area contributed by atoms with Gasteiger partial charge in [0.2, 0.25) is 17.8 Å². The largest absolute Gasteiger partial charge is 0.490 e. The van der Waals surface area contributed by atoms with Gasteiger partial charge in [-0.05, 0) is 90.4 Å². The van der Waals surface area contributed by atoms with Gasteiger partial charge < -0.3 is 19.6 Å². The van der Waals surface area contributed by atoms with Crippen molar-refractivity contribution in [2.24, 2.45) is 5.41 Å². The van der Waals surface area contributed by atoms with Gasteiger partial charge in [-0.2, -0.15) is 18.4 Å². The van der Waals surface area contributed by atoms with Crippen LogP contribution in [0.5, 0.6) is 5.75 Å². The first-order chi connectivity index (χ1) is 32.8. The number of ether oxygens (including phenoxy) is 1. The van der Waals surface area contributed by atoms with Crippen LogP contribution < -0.4 is 19.9 Å². The fraction of sp³-hybridized carbons (Fsp3) is 0.429. The molecule has 0 saturated carbocycles. The molecule has 2 N–H and O–H groups in total. The number of hydrogen-bond acceptors (Lipinski definition) is 13. The predicted molar refractivity (Wildman–Crippen MR) is 245 cm³/mol. The Kier molecular flexibility index (Phi) is 12.6. The normalized spacial score (nSPS) is 20.8. The van der Waals surface area contributed by atoms with Crippen LogP contribution in [-0.4, -0.2) is 136 Å². The molecule has 16 nitrogen and oxygen atoms in total. The molecule has 1 unspecified atom stereocenters. The lowest BCUT2D eigenvalue weighted by molar-refractivity contribution is -0.192. The summed E-state index contributed by atoms with van der Waals surface area (Å²) in [7, 11) is 0. The van der Waals surface area contributed by atoms with E-state index in [2.05, 4.69) is 61.9 Å². The molecule has 0 bridgehead atoms. The van der Waals surface area contributed by atoms with Crippen molar-refractivity contribution in [1.29, 1.82) is 5.26 Å². The number of amides is 4. The van der Waals surface area contributed by atoms with Gasteiger partial charge in [0.05, 0.1) is 28.5 Å². The van der Waals surface area contributed by atoms with Gasteiger partial charge in [0.25, 0.3) is 11.8 Å². The number of anilines is 2. The van der Waals surface area contributed by atoms with Crippen LogP contribution in [0, 0.1) is 16.7 Å². The molecule has 10 rings (SSSR count). The third kappa shape index (κ3) is 9.57. The summed E-state index contributed by atoms with van der Waals surface area (Å²) in [4.78, 5) is 79.6. The van der Waals surface area contributed by atoms with Crippen LogP contribution in [0.1, 0.15) is 82.6 Å². The van der Waals surface area contributed by atoms with Crippen molar-refractivity contribution in [3.8, 4) is 11.8 Å². The number of rotatable bonds is 10. The lowest BCUT2D eigenvalue weighted by Gasteiger charge is -2.61. The SMILES string of the molecule is CC(C)(c1ccc(OCc2ccnc(N3CCC4(CC3)CN(C3CN(C5CN(c6ccc7c(c6)C(=O)N(C6CCC(=O)NC6=O)C7=O)C5)C3)C4)n2)cc1)c1cc(Cl)cc(C#N)c1.O=C(O)C(F)(F)F. The van der Waals surface area contributed by atoms with E-state index in [1.807, 2.05) is 42.6 Å². The average Bonchev–Trinajstić information content (AvgIpc) is 3.52. The number of piperidine rings is 2. The number of fused-ring (bicyclic) bond motifs is 1. The summed E-state index contributed by atoms with van der Waals surface area (Å²) >= 11 is 6.31. The Morgan fingerprint density at radius 1 is 0.884 bits per heavy atom. The molecule has 4 aromatic rings. The number of benzene rings is 3. The number of hydrogen-bond donors (Lipinski definition) is 2. The van der Waals surface area contributed by atoms with Crippen LogP contribution in [0.2, 0.25) is 5.02 Å². The third-order valence-electron chi connectivity index (χ3n) is 14.4. The Bertz CT molecular complexity index is 2740. The molecule has 0 aliphatic carbocycles. The van der Waals surface area contributed by atoms with E-state index in [9.17, 15) is 37.6 Å². The van der Waals surface area contributed by atoms with E-state index in [1.165, 1.54) is 0 Å². The zero-order valence-corrected chi connectivity index (χ0v) is 38.6. The second-order valence-electron chi connectivity index (χ2n) is 19.2. The van der Waals surface area contributed by atoms with E-state index >= 15 is 0 Å². The summed E-state index contributed by atoms with van der Waals surface area (Å²) in [5.74, 6) is -3.18. The Balaban J connectivity index is 0.000000788. The number of aliphatic carboxylic acids is 1. The molecule has 1 spiro atoms. The number of carbonyl (C=O) groups excluding carboxylic acids is 4. The molecule has 20 heteroatoms. The predicted octanol–water partition coefficient (Wildman–Crippen LogP) is 5.42. The topological polar surface area (TPSA) is 193 Å². The second-order valence-corrected chi connectivity index (χ2v) is 19.6. The Hall–Kier alpha value is -6.62. The molecular weight excluding hydrogens is 919 g/mol. The van der Waals surface area contributed by atoms with Crippen molar-refractivity contribution in [2.75, 3.05) is 62.2 Å². The van der Waals surface area contributed by atoms with Gasteiger partial charge in [-0.25, -0.2) is 14.8 Å². The first-order valence-electron chi connectivity index (χ1n) is 22.7. The molecule has 1 atom stereocenters. The van der Waals surface area contributed by atoms with E-state index in [0.717, 1.165) is 104 Å². The summed E-state index contributed by atoms with van der Waals surface area (Å²) in [5, 5.41) is 19.3. The molecular formula is C49H49ClF3N9O7. The molecule has 0 radical (unpaired) electrons. The van der Waals surface area contributed by atoms with Crippen LogP contribution >= 0.6 is 11.6 Å². The third-order valence-corrected chi connectivity index (χ3v) is 14.6. The monoisotopic (exact) mass is 967 g/mol. The molecule has 7 heterocycles. The minimum atomic E-state index is -5.08. The number of alkyl halides is 3. The molecule has 5 fully saturated rings. The first kappa shape index (κ1) is 47.4. The van der Waals surface area contributed by atoms with Crippen molar-refractivity contribution in [3.05, 3.63) is 111 Å². The minimum Gasteiger partial charge on any atom is -0.487 e. The number of halogens is 4. The van der Waals surface area contributed by atoms with E-state index in [1.54, 1.807) is 18.2 Å². The highest BCUT2D eigenvalue weighted by Crippen LogP contribution is 2.44. The molecule has 4 amide bonds. The minimum absolute atomic E-state index is 0.0995. The van der Waals surface area contributed by atoms with E-state index in [0.29, 0.717) is 45.8 Å². The smallest absolute Gasteiger partial charge is 0.487 e. The highest BCUT2D eigenvalue weighted by Gasteiger charge is 2.51.